The predicted octanol–water partition coefficient (Wildman–Crippen LogP) is 2.24. The predicted molar refractivity (Wildman–Crippen MR) is 86.9 cm³/mol. The lowest BCUT2D eigenvalue weighted by molar-refractivity contribution is -0.123. The first-order valence-corrected chi connectivity index (χ1v) is 6.99. The van der Waals surface area contributed by atoms with Crippen LogP contribution in [0, 0.1) is 13.8 Å². The fourth-order valence-electron chi connectivity index (χ4n) is 1.91. The Labute approximate surface area is 134 Å². The summed E-state index contributed by atoms with van der Waals surface area (Å²) >= 11 is 0. The molecule has 0 fully saturated rings. The van der Waals surface area contributed by atoms with Crippen molar-refractivity contribution in [1.29, 1.82) is 0 Å². The van der Waals surface area contributed by atoms with Crippen molar-refractivity contribution in [2.45, 2.75) is 13.8 Å². The van der Waals surface area contributed by atoms with Gasteiger partial charge in [-0.15, -0.1) is 0 Å². The van der Waals surface area contributed by atoms with Crippen LogP contribution in [0.3, 0.4) is 0 Å². The third-order valence-electron chi connectivity index (χ3n) is 3.12. The Bertz CT molecular complexity index is 701. The molecule has 6 nitrogen and oxygen atoms in total. The molecule has 0 atom stereocenters. The molecule has 2 aromatic rings. The van der Waals surface area contributed by atoms with Crippen molar-refractivity contribution in [3.05, 3.63) is 53.1 Å². The van der Waals surface area contributed by atoms with E-state index in [0.717, 1.165) is 5.56 Å². The normalized spacial score (nSPS) is 10.7. The summed E-state index contributed by atoms with van der Waals surface area (Å²) in [6.45, 7) is 3.51. The molecule has 0 saturated heterocycles. The number of aryl methyl sites for hydroxylation is 2. The van der Waals surface area contributed by atoms with Gasteiger partial charge in [-0.05, 0) is 37.6 Å². The number of nitrogens with one attached hydrogen (secondary N) is 1. The molecular formula is C17H18N2O4. The molecule has 0 aliphatic heterocycles. The van der Waals surface area contributed by atoms with E-state index in [1.54, 1.807) is 19.1 Å². The zero-order valence-electron chi connectivity index (χ0n) is 12.9. The number of aromatic hydroxyl groups is 2. The molecule has 3 N–H and O–H groups in total. The van der Waals surface area contributed by atoms with Gasteiger partial charge in [0.25, 0.3) is 5.91 Å². The Morgan fingerprint density at radius 3 is 2.57 bits per heavy atom. The fraction of sp³-hybridized carbons (Fsp3) is 0.176. The van der Waals surface area contributed by atoms with Gasteiger partial charge in [-0.1, -0.05) is 17.7 Å². The highest BCUT2D eigenvalue weighted by Crippen LogP contribution is 2.24. The van der Waals surface area contributed by atoms with Crippen LogP contribution in [0.2, 0.25) is 0 Å². The number of nitrogens with zero attached hydrogens (tertiary/aromatic N) is 1. The number of ether oxygens (including phenoxy) is 1. The van der Waals surface area contributed by atoms with Crippen molar-refractivity contribution < 1.29 is 19.7 Å². The summed E-state index contributed by atoms with van der Waals surface area (Å²) in [5, 5.41) is 22.8. The average Bonchev–Trinajstić information content (AvgIpc) is 2.49. The monoisotopic (exact) mass is 314 g/mol. The number of hydrogen-bond donors (Lipinski definition) is 3. The number of benzene rings is 2. The summed E-state index contributed by atoms with van der Waals surface area (Å²) in [5.74, 6) is 0.0311. The minimum Gasteiger partial charge on any atom is -0.508 e. The zero-order chi connectivity index (χ0) is 16.8. The molecule has 2 rings (SSSR count). The van der Waals surface area contributed by atoms with Crippen LogP contribution in [0.5, 0.6) is 17.2 Å². The lowest BCUT2D eigenvalue weighted by Crippen LogP contribution is -2.24. The van der Waals surface area contributed by atoms with Gasteiger partial charge in [0.2, 0.25) is 0 Å². The molecule has 120 valence electrons. The highest BCUT2D eigenvalue weighted by Gasteiger charge is 2.05. The number of carbonyl (C=O) groups excluding carboxylic acids is 1. The summed E-state index contributed by atoms with van der Waals surface area (Å²) in [6.07, 6.45) is 1.31. The molecule has 0 aliphatic rings. The van der Waals surface area contributed by atoms with Crippen LogP contribution in [0.15, 0.2) is 41.5 Å². The minimum absolute atomic E-state index is 0.0346. The van der Waals surface area contributed by atoms with Crippen molar-refractivity contribution in [3.8, 4) is 17.2 Å². The van der Waals surface area contributed by atoms with Gasteiger partial charge in [-0.2, -0.15) is 5.10 Å². The SMILES string of the molecule is Cc1ccc(OCC(=O)N/N=C/c2c(C)cc(O)cc2O)cc1. The van der Waals surface area contributed by atoms with Crippen molar-refractivity contribution >= 4 is 12.1 Å². The maximum Gasteiger partial charge on any atom is 0.277 e. The topological polar surface area (TPSA) is 91.2 Å². The maximum absolute atomic E-state index is 11.6. The number of phenols is 2. The Balaban J connectivity index is 1.88. The lowest BCUT2D eigenvalue weighted by Gasteiger charge is -2.06. The summed E-state index contributed by atoms with van der Waals surface area (Å²) < 4.78 is 5.32. The molecule has 0 spiro atoms. The van der Waals surface area contributed by atoms with E-state index in [-0.39, 0.29) is 18.1 Å². The summed E-state index contributed by atoms with van der Waals surface area (Å²) in [7, 11) is 0. The van der Waals surface area contributed by atoms with Crippen LogP contribution in [-0.4, -0.2) is 28.9 Å². The molecule has 0 aliphatic carbocycles. The van der Waals surface area contributed by atoms with E-state index < -0.39 is 5.91 Å². The quantitative estimate of drug-likeness (QED) is 0.583. The molecule has 0 saturated carbocycles. The number of amides is 1. The first-order chi connectivity index (χ1) is 11.0. The standard InChI is InChI=1S/C17H18N2O4/c1-11-3-5-14(6-4-11)23-10-17(22)19-18-9-15-12(2)7-13(20)8-16(15)21/h3-9,20-21H,10H2,1-2H3,(H,19,22)/b18-9+. The molecule has 2 aromatic carbocycles. The van der Waals surface area contributed by atoms with Gasteiger partial charge in [0.15, 0.2) is 6.61 Å². The molecule has 6 heteroatoms. The Hall–Kier alpha value is -3.02. The first-order valence-electron chi connectivity index (χ1n) is 6.99. The van der Waals surface area contributed by atoms with E-state index in [2.05, 4.69) is 10.5 Å². The summed E-state index contributed by atoms with van der Waals surface area (Å²) in [5.41, 5.74) is 4.48. The van der Waals surface area contributed by atoms with Crippen LogP contribution in [-0.2, 0) is 4.79 Å². The van der Waals surface area contributed by atoms with E-state index in [1.807, 2.05) is 19.1 Å². The highest BCUT2D eigenvalue weighted by atomic mass is 16.5. The third-order valence-corrected chi connectivity index (χ3v) is 3.12. The van der Waals surface area contributed by atoms with Gasteiger partial charge < -0.3 is 14.9 Å². The second-order valence-corrected chi connectivity index (χ2v) is 5.09. The number of hydrazone groups is 1. The smallest absolute Gasteiger partial charge is 0.277 e. The van der Waals surface area contributed by atoms with E-state index in [4.69, 9.17) is 4.74 Å². The second-order valence-electron chi connectivity index (χ2n) is 5.09. The van der Waals surface area contributed by atoms with Crippen LogP contribution in [0.1, 0.15) is 16.7 Å². The number of phenolic OH excluding ortho intramolecular Hbond substituents is 2. The number of rotatable bonds is 5. The fourth-order valence-corrected chi connectivity index (χ4v) is 1.91. The van der Waals surface area contributed by atoms with Crippen LogP contribution >= 0.6 is 0 Å². The van der Waals surface area contributed by atoms with Crippen molar-refractivity contribution in [2.24, 2.45) is 5.10 Å². The van der Waals surface area contributed by atoms with Crippen LogP contribution in [0.25, 0.3) is 0 Å². The van der Waals surface area contributed by atoms with E-state index in [1.165, 1.54) is 18.3 Å². The molecule has 0 bridgehead atoms. The first kappa shape index (κ1) is 16.4. The minimum atomic E-state index is -0.419. The molecule has 23 heavy (non-hydrogen) atoms. The maximum atomic E-state index is 11.6. The molecule has 1 amide bonds. The van der Waals surface area contributed by atoms with E-state index >= 15 is 0 Å². The Kier molecular flexibility index (Phi) is 5.19. The molecule has 0 heterocycles. The van der Waals surface area contributed by atoms with Crippen LogP contribution in [0.4, 0.5) is 0 Å². The third kappa shape index (κ3) is 4.74. The van der Waals surface area contributed by atoms with E-state index in [9.17, 15) is 15.0 Å². The summed E-state index contributed by atoms with van der Waals surface area (Å²) in [4.78, 5) is 11.6. The Morgan fingerprint density at radius 2 is 1.91 bits per heavy atom. The van der Waals surface area contributed by atoms with Crippen LogP contribution < -0.4 is 10.2 Å². The summed E-state index contributed by atoms with van der Waals surface area (Å²) in [6, 6.07) is 10.0. The van der Waals surface area contributed by atoms with Crippen molar-refractivity contribution in [3.63, 3.8) is 0 Å². The number of carbonyl (C=O) groups is 1. The van der Waals surface area contributed by atoms with Gasteiger partial charge in [0.05, 0.1) is 6.21 Å². The lowest BCUT2D eigenvalue weighted by atomic mass is 10.1. The molecular weight excluding hydrogens is 296 g/mol. The van der Waals surface area contributed by atoms with Gasteiger partial charge >= 0.3 is 0 Å². The van der Waals surface area contributed by atoms with Crippen molar-refractivity contribution in [1.82, 2.24) is 5.43 Å². The van der Waals surface area contributed by atoms with Gasteiger partial charge in [0.1, 0.15) is 17.2 Å². The number of hydrogen-bond acceptors (Lipinski definition) is 5. The second kappa shape index (κ2) is 7.31. The molecule has 0 aromatic heterocycles. The average molecular weight is 314 g/mol. The largest absolute Gasteiger partial charge is 0.508 e. The van der Waals surface area contributed by atoms with Gasteiger partial charge in [-0.3, -0.25) is 4.79 Å². The molecule has 0 radical (unpaired) electrons. The van der Waals surface area contributed by atoms with Crippen molar-refractivity contribution in [2.75, 3.05) is 6.61 Å². The van der Waals surface area contributed by atoms with Gasteiger partial charge in [-0.25, -0.2) is 5.43 Å². The Morgan fingerprint density at radius 1 is 1.22 bits per heavy atom. The highest BCUT2D eigenvalue weighted by molar-refractivity contribution is 5.87. The zero-order valence-corrected chi connectivity index (χ0v) is 12.9. The van der Waals surface area contributed by atoms with Gasteiger partial charge in [0, 0.05) is 11.6 Å². The molecule has 0 unspecified atom stereocenters. The van der Waals surface area contributed by atoms with E-state index in [0.29, 0.717) is 16.9 Å².